The van der Waals surface area contributed by atoms with Gasteiger partial charge < -0.3 is 4.57 Å². The van der Waals surface area contributed by atoms with E-state index in [1.54, 1.807) is 0 Å². The van der Waals surface area contributed by atoms with E-state index in [-0.39, 0.29) is 41.2 Å². The van der Waals surface area contributed by atoms with Gasteiger partial charge in [0, 0.05) is 22.1 Å². The molecule has 0 N–H and O–H groups in total. The van der Waals surface area contributed by atoms with Crippen molar-refractivity contribution in [2.45, 2.75) is 19.3 Å². The van der Waals surface area contributed by atoms with Crippen LogP contribution < -0.4 is 0 Å². The highest BCUT2D eigenvalue weighted by Crippen LogP contribution is 2.54. The van der Waals surface area contributed by atoms with Crippen LogP contribution in [0, 0.1) is 0 Å². The fraction of sp³-hybridized carbons (Fsp3) is 0.0588. The molecule has 52 heavy (non-hydrogen) atoms. The summed E-state index contributed by atoms with van der Waals surface area (Å²) in [5.41, 5.74) is 12.7. The highest BCUT2D eigenvalue weighted by atomic mass is 15.0. The number of fused-ring (bicyclic) bond motifs is 5. The standard InChI is InChI=1S/C51H35N/c1-51(2)45-19-10-9-18-43(45)50-49(51)44-31-37(24-29-46(44)52(50)38-17-11-16-36(30-38)32-12-5-3-6-13-32)40-26-21-35-22-27-41-39(33-14-7-4-8-15-33)25-20-34-23-28-42(40)48(35)47(34)41/h3-31H,1-2H3/i4D,7D,8D,14D,15D. The van der Waals surface area contributed by atoms with Crippen LogP contribution in [-0.2, 0) is 5.41 Å². The molecule has 1 aliphatic carbocycles. The average molecular weight is 667 g/mol. The second-order valence-corrected chi connectivity index (χ2v) is 14.5. The van der Waals surface area contributed by atoms with Crippen LogP contribution in [0.1, 0.15) is 31.8 Å². The third-order valence-corrected chi connectivity index (χ3v) is 11.4. The van der Waals surface area contributed by atoms with E-state index in [0.29, 0.717) is 5.56 Å². The topological polar surface area (TPSA) is 4.93 Å². The predicted molar refractivity (Wildman–Crippen MR) is 221 cm³/mol. The Balaban J connectivity index is 1.16. The van der Waals surface area contributed by atoms with E-state index in [9.17, 15) is 0 Å². The third-order valence-electron chi connectivity index (χ3n) is 11.4. The maximum Gasteiger partial charge on any atom is 0.0629 e. The van der Waals surface area contributed by atoms with Gasteiger partial charge in [0.2, 0.25) is 0 Å². The zero-order chi connectivity index (χ0) is 38.9. The SMILES string of the molecule is [2H]c1c([2H])c([2H])c(-c2ccc3ccc4c(-c5ccc6c(c5)c5c(n6-c6cccc(-c7ccccc7)c6)-c6ccccc6C5(C)C)ccc5ccc2c3c54)c([2H])c1[2H]. The second kappa shape index (κ2) is 10.8. The lowest BCUT2D eigenvalue weighted by Gasteiger charge is -2.21. The zero-order valence-corrected chi connectivity index (χ0v) is 28.8. The van der Waals surface area contributed by atoms with Gasteiger partial charge in [0.15, 0.2) is 0 Å². The Hall–Kier alpha value is -6.44. The maximum absolute atomic E-state index is 8.77. The van der Waals surface area contributed by atoms with Gasteiger partial charge in [0.05, 0.1) is 18.1 Å². The molecule has 1 heteroatoms. The summed E-state index contributed by atoms with van der Waals surface area (Å²) >= 11 is 0. The summed E-state index contributed by atoms with van der Waals surface area (Å²) < 4.78 is 44.9. The number of aromatic nitrogens is 1. The van der Waals surface area contributed by atoms with Crippen LogP contribution in [0.2, 0.25) is 0 Å². The van der Waals surface area contributed by atoms with Crippen LogP contribution >= 0.6 is 0 Å². The van der Waals surface area contributed by atoms with E-state index < -0.39 is 0 Å². The van der Waals surface area contributed by atoms with Gasteiger partial charge in [-0.1, -0.05) is 165 Å². The summed E-state index contributed by atoms with van der Waals surface area (Å²) in [6, 6.07) is 50.5. The molecule has 0 fully saturated rings. The highest BCUT2D eigenvalue weighted by Gasteiger charge is 2.40. The molecule has 9 aromatic carbocycles. The molecule has 1 aliphatic rings. The fourth-order valence-electron chi connectivity index (χ4n) is 9.09. The molecule has 1 aromatic heterocycles. The molecule has 0 saturated carbocycles. The first-order chi connectivity index (χ1) is 27.6. The second-order valence-electron chi connectivity index (χ2n) is 14.5. The van der Waals surface area contributed by atoms with Crippen molar-refractivity contribution in [2.75, 3.05) is 0 Å². The molecule has 244 valence electrons. The maximum atomic E-state index is 8.77. The molecule has 0 radical (unpaired) electrons. The Morgan fingerprint density at radius 1 is 0.481 bits per heavy atom. The van der Waals surface area contributed by atoms with Crippen LogP contribution in [0.5, 0.6) is 0 Å². The smallest absolute Gasteiger partial charge is 0.0629 e. The van der Waals surface area contributed by atoms with E-state index >= 15 is 0 Å². The molecule has 0 saturated heterocycles. The van der Waals surface area contributed by atoms with Crippen LogP contribution in [0.15, 0.2) is 176 Å². The highest BCUT2D eigenvalue weighted by molar-refractivity contribution is 6.27. The number of hydrogen-bond donors (Lipinski definition) is 0. The molecule has 1 heterocycles. The summed E-state index contributed by atoms with van der Waals surface area (Å²) in [5, 5.41) is 7.46. The number of benzene rings is 9. The summed E-state index contributed by atoms with van der Waals surface area (Å²) in [7, 11) is 0. The monoisotopic (exact) mass is 666 g/mol. The van der Waals surface area contributed by atoms with Gasteiger partial charge in [0.25, 0.3) is 0 Å². The molecular weight excluding hydrogens is 627 g/mol. The quantitative estimate of drug-likeness (QED) is 0.165. The van der Waals surface area contributed by atoms with Crippen LogP contribution in [0.4, 0.5) is 0 Å². The Morgan fingerprint density at radius 2 is 1.13 bits per heavy atom. The van der Waals surface area contributed by atoms with Crippen LogP contribution in [-0.4, -0.2) is 4.57 Å². The predicted octanol–water partition coefficient (Wildman–Crippen LogP) is 13.8. The lowest BCUT2D eigenvalue weighted by atomic mass is 9.81. The minimum Gasteiger partial charge on any atom is -0.309 e. The van der Waals surface area contributed by atoms with Crippen molar-refractivity contribution in [3.8, 4) is 50.3 Å². The van der Waals surface area contributed by atoms with Gasteiger partial charge in [-0.15, -0.1) is 0 Å². The van der Waals surface area contributed by atoms with E-state index in [2.05, 4.69) is 146 Å². The van der Waals surface area contributed by atoms with E-state index in [1.165, 1.54) is 38.9 Å². The Labute approximate surface area is 310 Å². The van der Waals surface area contributed by atoms with Gasteiger partial charge in [0.1, 0.15) is 0 Å². The Morgan fingerprint density at radius 3 is 1.88 bits per heavy atom. The van der Waals surface area contributed by atoms with Gasteiger partial charge in [-0.2, -0.15) is 0 Å². The molecule has 0 atom stereocenters. The van der Waals surface area contributed by atoms with E-state index in [1.807, 2.05) is 18.2 Å². The minimum atomic E-state index is -0.387. The number of hydrogen-bond acceptors (Lipinski definition) is 0. The van der Waals surface area contributed by atoms with Crippen molar-refractivity contribution in [1.29, 1.82) is 0 Å². The Bertz CT molecular complexity index is 3290. The van der Waals surface area contributed by atoms with Crippen molar-refractivity contribution in [2.24, 2.45) is 0 Å². The van der Waals surface area contributed by atoms with Gasteiger partial charge >= 0.3 is 0 Å². The van der Waals surface area contributed by atoms with E-state index in [0.717, 1.165) is 54.6 Å². The van der Waals surface area contributed by atoms with Gasteiger partial charge in [-0.05, 0) is 101 Å². The zero-order valence-electron chi connectivity index (χ0n) is 33.8. The first kappa shape index (κ1) is 24.7. The van der Waals surface area contributed by atoms with Gasteiger partial charge in [-0.25, -0.2) is 0 Å². The first-order valence-electron chi connectivity index (χ1n) is 20.4. The molecule has 0 bridgehead atoms. The molecule has 0 amide bonds. The lowest BCUT2D eigenvalue weighted by Crippen LogP contribution is -2.14. The largest absolute Gasteiger partial charge is 0.309 e. The molecule has 1 nitrogen and oxygen atoms in total. The Kier molecular flexibility index (Phi) is 5.11. The molecular formula is C51H35N. The van der Waals surface area contributed by atoms with Crippen molar-refractivity contribution in [1.82, 2.24) is 4.57 Å². The summed E-state index contributed by atoms with van der Waals surface area (Å²) in [5.74, 6) is 0. The molecule has 11 rings (SSSR count). The van der Waals surface area contributed by atoms with Crippen molar-refractivity contribution < 1.29 is 6.85 Å². The van der Waals surface area contributed by atoms with Gasteiger partial charge in [-0.3, -0.25) is 0 Å². The first-order valence-corrected chi connectivity index (χ1v) is 17.9. The van der Waals surface area contributed by atoms with Crippen LogP contribution in [0.3, 0.4) is 0 Å². The summed E-state index contributed by atoms with van der Waals surface area (Å²) in [6.07, 6.45) is 0. The van der Waals surface area contributed by atoms with Crippen molar-refractivity contribution >= 4 is 43.2 Å². The molecule has 0 spiro atoms. The van der Waals surface area contributed by atoms with Crippen molar-refractivity contribution in [3.05, 3.63) is 187 Å². The third kappa shape index (κ3) is 4.05. The molecule has 10 aromatic rings. The fourth-order valence-corrected chi connectivity index (χ4v) is 9.09. The van der Waals surface area contributed by atoms with E-state index in [4.69, 9.17) is 6.85 Å². The summed E-state index contributed by atoms with van der Waals surface area (Å²) in [6.45, 7) is 4.69. The lowest BCUT2D eigenvalue weighted by molar-refractivity contribution is 0.666. The molecule has 0 unspecified atom stereocenters. The van der Waals surface area contributed by atoms with Crippen LogP contribution in [0.25, 0.3) is 93.5 Å². The number of rotatable bonds is 4. The number of nitrogens with zero attached hydrogens (tertiary/aromatic N) is 1. The minimum absolute atomic E-state index is 0.193. The molecule has 0 aliphatic heterocycles. The summed E-state index contributed by atoms with van der Waals surface area (Å²) in [4.78, 5) is 0. The van der Waals surface area contributed by atoms with Crippen molar-refractivity contribution in [3.63, 3.8) is 0 Å². The average Bonchev–Trinajstić information content (AvgIpc) is 3.71. The normalized spacial score (nSPS) is 14.7.